The molecule has 1 aromatic rings. The molecule has 2 saturated carbocycles. The van der Waals surface area contributed by atoms with Gasteiger partial charge in [-0.05, 0) is 31.2 Å². The fraction of sp³-hybridized carbons (Fsp3) is 0.579. The van der Waals surface area contributed by atoms with Crippen LogP contribution in [0.3, 0.4) is 0 Å². The maximum atomic E-state index is 12.7. The minimum Gasteiger partial charge on any atom is -0.480 e. The lowest BCUT2D eigenvalue weighted by Crippen LogP contribution is -2.55. The Bertz CT molecular complexity index is 588. The van der Waals surface area contributed by atoms with Crippen LogP contribution in [0.4, 0.5) is 4.79 Å². The summed E-state index contributed by atoms with van der Waals surface area (Å²) in [5.74, 6) is -0.867. The van der Waals surface area contributed by atoms with Crippen LogP contribution in [0, 0.1) is 0 Å². The maximum absolute atomic E-state index is 12.7. The van der Waals surface area contributed by atoms with Gasteiger partial charge < -0.3 is 20.1 Å². The molecule has 25 heavy (non-hydrogen) atoms. The maximum Gasteiger partial charge on any atom is 0.410 e. The molecule has 0 aromatic heterocycles. The summed E-state index contributed by atoms with van der Waals surface area (Å²) in [6, 6.07) is 9.94. The molecule has 0 unspecified atom stereocenters. The van der Waals surface area contributed by atoms with Gasteiger partial charge in [0.15, 0.2) is 0 Å². The van der Waals surface area contributed by atoms with Crippen LogP contribution in [0.15, 0.2) is 30.3 Å². The van der Waals surface area contributed by atoms with E-state index in [4.69, 9.17) is 9.84 Å². The predicted octanol–water partition coefficient (Wildman–Crippen LogP) is 2.77. The average Bonchev–Trinajstić information content (AvgIpc) is 3.45. The van der Waals surface area contributed by atoms with Gasteiger partial charge in [0.25, 0.3) is 0 Å². The monoisotopic (exact) mass is 346 g/mol. The van der Waals surface area contributed by atoms with Crippen LogP contribution in [0.1, 0.15) is 44.1 Å². The van der Waals surface area contributed by atoms with Gasteiger partial charge in [-0.2, -0.15) is 0 Å². The summed E-state index contributed by atoms with van der Waals surface area (Å²) in [7, 11) is 0. The lowest BCUT2D eigenvalue weighted by atomic mass is 9.89. The van der Waals surface area contributed by atoms with Crippen molar-refractivity contribution in [3.8, 4) is 0 Å². The number of hydrogen-bond acceptors (Lipinski definition) is 4. The highest BCUT2D eigenvalue weighted by Crippen LogP contribution is 2.34. The van der Waals surface area contributed by atoms with Crippen molar-refractivity contribution in [3.05, 3.63) is 35.9 Å². The third-order valence-corrected chi connectivity index (χ3v) is 4.96. The van der Waals surface area contributed by atoms with Crippen molar-refractivity contribution in [2.75, 3.05) is 6.54 Å². The molecule has 0 heterocycles. The second kappa shape index (κ2) is 8.34. The molecule has 0 spiro atoms. The summed E-state index contributed by atoms with van der Waals surface area (Å²) in [5.41, 5.74) is 0.968. The van der Waals surface area contributed by atoms with Gasteiger partial charge in [-0.25, -0.2) is 4.79 Å². The van der Waals surface area contributed by atoms with Gasteiger partial charge in [0, 0.05) is 12.1 Å². The zero-order valence-electron chi connectivity index (χ0n) is 14.4. The Balaban J connectivity index is 1.64. The second-order valence-corrected chi connectivity index (χ2v) is 6.91. The van der Waals surface area contributed by atoms with Crippen LogP contribution in [-0.4, -0.2) is 46.7 Å². The molecule has 0 bridgehead atoms. The van der Waals surface area contributed by atoms with E-state index in [0.29, 0.717) is 0 Å². The third kappa shape index (κ3) is 4.95. The number of carboxylic acid groups (broad SMARTS) is 1. The number of hydrogen-bond donors (Lipinski definition) is 2. The van der Waals surface area contributed by atoms with Crippen molar-refractivity contribution in [1.29, 1.82) is 0 Å². The highest BCUT2D eigenvalue weighted by Gasteiger charge is 2.42. The molecule has 0 aliphatic heterocycles. The van der Waals surface area contributed by atoms with Crippen molar-refractivity contribution < 1.29 is 19.4 Å². The quantitative estimate of drug-likeness (QED) is 0.794. The summed E-state index contributed by atoms with van der Waals surface area (Å²) < 4.78 is 5.56. The molecule has 2 N–H and O–H groups in total. The molecular formula is C19H26N2O4. The summed E-state index contributed by atoms with van der Waals surface area (Å²) >= 11 is 0. The van der Waals surface area contributed by atoms with E-state index < -0.39 is 5.97 Å². The molecule has 3 rings (SSSR count). The molecule has 6 nitrogen and oxygen atoms in total. The Kier molecular flexibility index (Phi) is 5.91. The zero-order valence-corrected chi connectivity index (χ0v) is 14.4. The predicted molar refractivity (Wildman–Crippen MR) is 93.2 cm³/mol. The van der Waals surface area contributed by atoms with E-state index in [1.807, 2.05) is 35.2 Å². The Labute approximate surface area is 148 Å². The Hall–Kier alpha value is -2.08. The molecule has 0 saturated heterocycles. The topological polar surface area (TPSA) is 78.9 Å². The Morgan fingerprint density at radius 3 is 2.52 bits per heavy atom. The highest BCUT2D eigenvalue weighted by molar-refractivity contribution is 5.70. The van der Waals surface area contributed by atoms with Crippen LogP contribution in [-0.2, 0) is 16.1 Å². The van der Waals surface area contributed by atoms with E-state index in [2.05, 4.69) is 5.32 Å². The first-order valence-corrected chi connectivity index (χ1v) is 9.09. The third-order valence-electron chi connectivity index (χ3n) is 4.96. The minimum absolute atomic E-state index is 0.0175. The number of carbonyl (C=O) groups is 2. The van der Waals surface area contributed by atoms with Gasteiger partial charge in [-0.15, -0.1) is 0 Å². The van der Waals surface area contributed by atoms with E-state index in [-0.39, 0.29) is 37.4 Å². The number of nitrogens with zero attached hydrogens (tertiary/aromatic N) is 1. The van der Waals surface area contributed by atoms with Crippen molar-refractivity contribution in [2.45, 2.75) is 63.3 Å². The molecule has 136 valence electrons. The Morgan fingerprint density at radius 1 is 1.12 bits per heavy atom. The van der Waals surface area contributed by atoms with E-state index in [1.165, 1.54) is 0 Å². The minimum atomic E-state index is -0.867. The van der Waals surface area contributed by atoms with Gasteiger partial charge in [0.05, 0.1) is 12.6 Å². The zero-order chi connectivity index (χ0) is 17.6. The molecule has 1 amide bonds. The molecule has 1 aromatic carbocycles. The van der Waals surface area contributed by atoms with Crippen molar-refractivity contribution in [3.63, 3.8) is 0 Å². The van der Waals surface area contributed by atoms with Crippen LogP contribution in [0.5, 0.6) is 0 Å². The number of ether oxygens (including phenoxy) is 1. The fourth-order valence-electron chi connectivity index (χ4n) is 3.60. The van der Waals surface area contributed by atoms with Crippen molar-refractivity contribution in [1.82, 2.24) is 10.2 Å². The summed E-state index contributed by atoms with van der Waals surface area (Å²) in [5, 5.41) is 12.1. The lowest BCUT2D eigenvalue weighted by Gasteiger charge is -2.39. The highest BCUT2D eigenvalue weighted by atomic mass is 16.6. The first-order valence-electron chi connectivity index (χ1n) is 9.09. The fourth-order valence-corrected chi connectivity index (χ4v) is 3.60. The number of aliphatic carboxylic acids is 1. The molecule has 6 heteroatoms. The summed E-state index contributed by atoms with van der Waals surface area (Å²) in [6.07, 6.45) is 5.64. The van der Waals surface area contributed by atoms with E-state index in [0.717, 1.165) is 44.1 Å². The number of carboxylic acids is 1. The van der Waals surface area contributed by atoms with Gasteiger partial charge in [-0.3, -0.25) is 4.79 Å². The summed E-state index contributed by atoms with van der Waals surface area (Å²) in [6.45, 7) is 0.196. The number of nitrogens with one attached hydrogen (secondary N) is 1. The van der Waals surface area contributed by atoms with Crippen LogP contribution >= 0.6 is 0 Å². The second-order valence-electron chi connectivity index (χ2n) is 6.91. The number of amides is 1. The largest absolute Gasteiger partial charge is 0.480 e. The van der Waals surface area contributed by atoms with Crippen LogP contribution in [0.2, 0.25) is 0 Å². The first kappa shape index (κ1) is 17.7. The molecule has 2 atom stereocenters. The SMILES string of the molecule is O=C(O)CN[C@@H]1CCCC[C@H]1N(C(=O)OCc1ccccc1)C1CC1. The van der Waals surface area contributed by atoms with Crippen LogP contribution < -0.4 is 5.32 Å². The first-order chi connectivity index (χ1) is 12.1. The number of benzene rings is 1. The van der Waals surface area contributed by atoms with Gasteiger partial charge >= 0.3 is 12.1 Å². The Morgan fingerprint density at radius 2 is 1.84 bits per heavy atom. The lowest BCUT2D eigenvalue weighted by molar-refractivity contribution is -0.136. The van der Waals surface area contributed by atoms with Gasteiger partial charge in [0.2, 0.25) is 0 Å². The molecule has 2 aliphatic rings. The van der Waals surface area contributed by atoms with Crippen molar-refractivity contribution >= 4 is 12.1 Å². The summed E-state index contributed by atoms with van der Waals surface area (Å²) in [4.78, 5) is 25.5. The van der Waals surface area contributed by atoms with Gasteiger partial charge in [0.1, 0.15) is 6.61 Å². The van der Waals surface area contributed by atoms with Crippen LogP contribution in [0.25, 0.3) is 0 Å². The average molecular weight is 346 g/mol. The van der Waals surface area contributed by atoms with Gasteiger partial charge in [-0.1, -0.05) is 43.2 Å². The molecule has 2 aliphatic carbocycles. The number of carbonyl (C=O) groups excluding carboxylic acids is 1. The molecule has 2 fully saturated rings. The standard InChI is InChI=1S/C19H26N2O4/c22-18(23)12-20-16-8-4-5-9-17(16)21(15-10-11-15)19(24)25-13-14-6-2-1-3-7-14/h1-3,6-7,15-17,20H,4-5,8-13H2,(H,22,23)/t16-,17-/m1/s1. The molecular weight excluding hydrogens is 320 g/mol. The molecule has 0 radical (unpaired) electrons. The van der Waals surface area contributed by atoms with E-state index >= 15 is 0 Å². The van der Waals surface area contributed by atoms with E-state index in [9.17, 15) is 9.59 Å². The smallest absolute Gasteiger partial charge is 0.410 e. The van der Waals surface area contributed by atoms with E-state index in [1.54, 1.807) is 0 Å². The van der Waals surface area contributed by atoms with Crippen molar-refractivity contribution in [2.24, 2.45) is 0 Å². The number of rotatable bonds is 7. The normalized spacial score (nSPS) is 23.0.